The maximum Gasteiger partial charge on any atom is 0.340 e. The minimum atomic E-state index is -0.673. The van der Waals surface area contributed by atoms with E-state index < -0.39 is 12.3 Å². The van der Waals surface area contributed by atoms with Crippen molar-refractivity contribution in [3.63, 3.8) is 0 Å². The quantitative estimate of drug-likeness (QED) is 0.422. The summed E-state index contributed by atoms with van der Waals surface area (Å²) in [5.41, 5.74) is 0.978. The van der Waals surface area contributed by atoms with Crippen molar-refractivity contribution in [2.45, 2.75) is 19.1 Å². The van der Waals surface area contributed by atoms with Crippen LogP contribution >= 0.6 is 0 Å². The van der Waals surface area contributed by atoms with Gasteiger partial charge in [0.1, 0.15) is 0 Å². The lowest BCUT2D eigenvalue weighted by molar-refractivity contribution is -0.0954. The second-order valence-electron chi connectivity index (χ2n) is 5.08. The third kappa shape index (κ3) is 5.52. The molecule has 0 saturated heterocycles. The summed E-state index contributed by atoms with van der Waals surface area (Å²) in [6.07, 6.45) is 0.296. The molecule has 0 aliphatic rings. The molecule has 0 N–H and O–H groups in total. The van der Waals surface area contributed by atoms with Gasteiger partial charge < -0.3 is 14.2 Å². The number of rotatable bonds is 8. The van der Waals surface area contributed by atoms with Crippen molar-refractivity contribution in [3.8, 4) is 0 Å². The van der Waals surface area contributed by atoms with Crippen molar-refractivity contribution in [2.24, 2.45) is 0 Å². The maximum atomic E-state index is 12.0. The first-order chi connectivity index (χ1) is 11.7. The van der Waals surface area contributed by atoms with E-state index in [1.54, 1.807) is 48.5 Å². The molecule has 0 amide bonds. The van der Waals surface area contributed by atoms with Gasteiger partial charge in [0.15, 0.2) is 0 Å². The Hall–Kier alpha value is -2.66. The van der Waals surface area contributed by atoms with E-state index in [1.165, 1.54) is 7.11 Å². The van der Waals surface area contributed by atoms with E-state index in [1.807, 2.05) is 12.1 Å². The van der Waals surface area contributed by atoms with Gasteiger partial charge in [-0.2, -0.15) is 0 Å². The zero-order valence-corrected chi connectivity index (χ0v) is 13.5. The molecule has 0 saturated carbocycles. The molecule has 0 aliphatic carbocycles. The molecule has 5 heteroatoms. The molecule has 0 heterocycles. The molecule has 24 heavy (non-hydrogen) atoms. The number of esters is 2. The fourth-order valence-corrected chi connectivity index (χ4v) is 2.06. The molecule has 0 aliphatic heterocycles. The summed E-state index contributed by atoms with van der Waals surface area (Å²) in [5, 5.41) is 0. The largest absolute Gasteiger partial charge is 0.462 e. The molecule has 0 radical (unpaired) electrons. The molecule has 0 spiro atoms. The Balaban J connectivity index is 1.72. The summed E-state index contributed by atoms with van der Waals surface area (Å²) in [6.45, 7) is 0.233. The Morgan fingerprint density at radius 1 is 0.875 bits per heavy atom. The second-order valence-corrected chi connectivity index (χ2v) is 5.08. The highest BCUT2D eigenvalue weighted by molar-refractivity contribution is 5.89. The molecular formula is C19H20O5. The second kappa shape index (κ2) is 9.47. The summed E-state index contributed by atoms with van der Waals surface area (Å²) in [4.78, 5) is 23.7. The minimum absolute atomic E-state index is 0.233. The van der Waals surface area contributed by atoms with Crippen molar-refractivity contribution in [3.05, 3.63) is 71.8 Å². The van der Waals surface area contributed by atoms with Crippen LogP contribution in [-0.4, -0.2) is 31.9 Å². The molecule has 0 aromatic heterocycles. The van der Waals surface area contributed by atoms with E-state index in [4.69, 9.17) is 14.2 Å². The van der Waals surface area contributed by atoms with Crippen molar-refractivity contribution >= 4 is 11.9 Å². The van der Waals surface area contributed by atoms with Gasteiger partial charge in [0, 0.05) is 13.5 Å². The Morgan fingerprint density at radius 3 is 1.96 bits per heavy atom. The minimum Gasteiger partial charge on any atom is -0.462 e. The van der Waals surface area contributed by atoms with E-state index in [0.29, 0.717) is 24.0 Å². The molecule has 0 fully saturated rings. The summed E-state index contributed by atoms with van der Waals surface area (Å²) in [6, 6.07) is 17.5. The van der Waals surface area contributed by atoms with Crippen LogP contribution in [0.25, 0.3) is 0 Å². The van der Waals surface area contributed by atoms with Gasteiger partial charge in [0.25, 0.3) is 0 Å². The van der Waals surface area contributed by atoms with Crippen molar-refractivity contribution in [1.82, 2.24) is 0 Å². The zero-order chi connectivity index (χ0) is 17.2. The highest BCUT2D eigenvalue weighted by atomic mass is 16.7. The van der Waals surface area contributed by atoms with E-state index >= 15 is 0 Å². The average Bonchev–Trinajstić information content (AvgIpc) is 2.65. The molecule has 2 rings (SSSR count). The average molecular weight is 328 g/mol. The lowest BCUT2D eigenvalue weighted by Crippen LogP contribution is -2.21. The van der Waals surface area contributed by atoms with E-state index in [2.05, 4.69) is 0 Å². The normalized spacial score (nSPS) is 11.5. The first kappa shape index (κ1) is 17.7. The molecule has 2 aromatic carbocycles. The SMILES string of the molecule is COC(CCCOC(=O)c1ccccc1)OC(=O)c1ccccc1. The van der Waals surface area contributed by atoms with Crippen LogP contribution in [0, 0.1) is 0 Å². The van der Waals surface area contributed by atoms with Crippen molar-refractivity contribution in [1.29, 1.82) is 0 Å². The van der Waals surface area contributed by atoms with Crippen molar-refractivity contribution in [2.75, 3.05) is 13.7 Å². The molecule has 1 atom stereocenters. The maximum absolute atomic E-state index is 12.0. The molecule has 1 unspecified atom stereocenters. The lowest BCUT2D eigenvalue weighted by atomic mass is 10.2. The topological polar surface area (TPSA) is 61.8 Å². The summed E-state index contributed by atoms with van der Waals surface area (Å²) >= 11 is 0. The van der Waals surface area contributed by atoms with Gasteiger partial charge in [0.2, 0.25) is 6.29 Å². The third-order valence-corrected chi connectivity index (χ3v) is 3.34. The predicted octanol–water partition coefficient (Wildman–Crippen LogP) is 3.45. The Morgan fingerprint density at radius 2 is 1.42 bits per heavy atom. The third-order valence-electron chi connectivity index (χ3n) is 3.34. The Kier molecular flexibility index (Phi) is 6.98. The van der Waals surface area contributed by atoms with Crippen LogP contribution in [0.4, 0.5) is 0 Å². The van der Waals surface area contributed by atoms with Crippen molar-refractivity contribution < 1.29 is 23.8 Å². The van der Waals surface area contributed by atoms with Crippen LogP contribution in [0.1, 0.15) is 33.6 Å². The number of ether oxygens (including phenoxy) is 3. The van der Waals surface area contributed by atoms with Crippen LogP contribution in [0.3, 0.4) is 0 Å². The molecular weight excluding hydrogens is 308 g/mol. The fourth-order valence-electron chi connectivity index (χ4n) is 2.06. The lowest BCUT2D eigenvalue weighted by Gasteiger charge is -2.16. The fraction of sp³-hybridized carbons (Fsp3) is 0.263. The summed E-state index contributed by atoms with van der Waals surface area (Å²) in [7, 11) is 1.47. The zero-order valence-electron chi connectivity index (χ0n) is 13.5. The van der Waals surface area contributed by atoms with Crippen LogP contribution in [0.15, 0.2) is 60.7 Å². The van der Waals surface area contributed by atoms with Gasteiger partial charge in [-0.15, -0.1) is 0 Å². The monoisotopic (exact) mass is 328 g/mol. The van der Waals surface area contributed by atoms with Gasteiger partial charge in [-0.3, -0.25) is 0 Å². The number of carbonyl (C=O) groups excluding carboxylic acids is 2. The van der Waals surface area contributed by atoms with Gasteiger partial charge in [-0.1, -0.05) is 36.4 Å². The first-order valence-electron chi connectivity index (χ1n) is 7.71. The number of hydrogen-bond acceptors (Lipinski definition) is 5. The van der Waals surface area contributed by atoms with E-state index in [9.17, 15) is 9.59 Å². The van der Waals surface area contributed by atoms with Crippen LogP contribution in [0.5, 0.6) is 0 Å². The first-order valence-corrected chi connectivity index (χ1v) is 7.71. The number of benzene rings is 2. The number of hydrogen-bond donors (Lipinski definition) is 0. The highest BCUT2D eigenvalue weighted by Crippen LogP contribution is 2.09. The summed E-state index contributed by atoms with van der Waals surface area (Å²) in [5.74, 6) is -0.811. The van der Waals surface area contributed by atoms with Gasteiger partial charge in [0.05, 0.1) is 17.7 Å². The van der Waals surface area contributed by atoms with Gasteiger partial charge in [-0.25, -0.2) is 9.59 Å². The Labute approximate surface area is 141 Å². The molecule has 126 valence electrons. The smallest absolute Gasteiger partial charge is 0.340 e. The molecule has 2 aromatic rings. The standard InChI is InChI=1S/C19H20O5/c1-22-17(24-19(21)16-11-6-3-7-12-16)13-8-14-23-18(20)15-9-4-2-5-10-15/h2-7,9-12,17H,8,13-14H2,1H3. The molecule has 5 nitrogen and oxygen atoms in total. The summed E-state index contributed by atoms with van der Waals surface area (Å²) < 4.78 is 15.6. The van der Waals surface area contributed by atoms with Gasteiger partial charge >= 0.3 is 11.9 Å². The van der Waals surface area contributed by atoms with Crippen LogP contribution in [-0.2, 0) is 14.2 Å². The van der Waals surface area contributed by atoms with Crippen LogP contribution < -0.4 is 0 Å². The van der Waals surface area contributed by atoms with E-state index in [-0.39, 0.29) is 12.6 Å². The molecule has 0 bridgehead atoms. The number of methoxy groups -OCH3 is 1. The van der Waals surface area contributed by atoms with Crippen LogP contribution in [0.2, 0.25) is 0 Å². The predicted molar refractivity (Wildman–Crippen MR) is 88.6 cm³/mol. The Bertz CT molecular complexity index is 639. The van der Waals surface area contributed by atoms with Gasteiger partial charge in [-0.05, 0) is 30.7 Å². The number of carbonyl (C=O) groups is 2. The van der Waals surface area contributed by atoms with E-state index in [0.717, 1.165) is 0 Å². The highest BCUT2D eigenvalue weighted by Gasteiger charge is 2.15.